The van der Waals surface area contributed by atoms with Crippen molar-refractivity contribution in [3.63, 3.8) is 0 Å². The zero-order chi connectivity index (χ0) is 23.9. The van der Waals surface area contributed by atoms with E-state index in [2.05, 4.69) is 10.3 Å². The molecule has 32 heavy (non-hydrogen) atoms. The second-order valence-electron chi connectivity index (χ2n) is 8.64. The first-order valence-electron chi connectivity index (χ1n) is 9.59. The van der Waals surface area contributed by atoms with Crippen molar-refractivity contribution in [2.75, 3.05) is 12.8 Å². The third-order valence-corrected chi connectivity index (χ3v) is 7.81. The Balaban J connectivity index is 1.98. The molecule has 8 nitrogen and oxygen atoms in total. The molecule has 0 unspecified atom stereocenters. The van der Waals surface area contributed by atoms with E-state index in [1.54, 1.807) is 45.2 Å². The van der Waals surface area contributed by atoms with E-state index in [-0.39, 0.29) is 17.3 Å². The second kappa shape index (κ2) is 8.18. The summed E-state index contributed by atoms with van der Waals surface area (Å²) in [7, 11) is -2.49. The maximum atomic E-state index is 13.9. The first-order chi connectivity index (χ1) is 14.7. The quantitative estimate of drug-likeness (QED) is 0.703. The summed E-state index contributed by atoms with van der Waals surface area (Å²) in [5.74, 6) is -0.971. The fraction of sp³-hybridized carbons (Fsp3) is 0.381. The smallest absolute Gasteiger partial charge is 0.437 e. The number of benzene rings is 1. The van der Waals surface area contributed by atoms with Crippen LogP contribution in [-0.4, -0.2) is 43.2 Å². The van der Waals surface area contributed by atoms with Crippen molar-refractivity contribution < 1.29 is 22.3 Å². The average molecular weight is 479 g/mol. The minimum absolute atomic E-state index is 0.152. The van der Waals surface area contributed by atoms with E-state index < -0.39 is 33.1 Å². The first-order valence-corrected chi connectivity index (χ1v) is 12.1. The van der Waals surface area contributed by atoms with Crippen molar-refractivity contribution in [1.29, 1.82) is 5.26 Å². The standard InChI is InChI=1S/C21H23FN4O4S2/c1-20(2,3)30-19(27)24-18-25-21(4,12-32(28,29)26(18)5)17-9-15(11-31-17)14-6-13(10-23)7-16(22)8-14/h6-9,11H,12H2,1-5H3,(H,24,25,27)/t21-/m0/s1. The summed E-state index contributed by atoms with van der Waals surface area (Å²) in [5, 5.41) is 13.9. The monoisotopic (exact) mass is 478 g/mol. The lowest BCUT2D eigenvalue weighted by Crippen LogP contribution is -2.61. The minimum atomic E-state index is -3.79. The SMILES string of the molecule is CN1/C(=N/C(=O)OC(C)(C)C)N[C@](C)(c2cc(-c3cc(F)cc(C#N)c3)cs2)CS1(=O)=O. The number of aliphatic imine (C=N–C) groups is 1. The highest BCUT2D eigenvalue weighted by Crippen LogP contribution is 2.36. The molecule has 0 spiro atoms. The van der Waals surface area contributed by atoms with E-state index in [1.807, 2.05) is 6.07 Å². The van der Waals surface area contributed by atoms with Gasteiger partial charge in [0.1, 0.15) is 11.4 Å². The number of sulfonamides is 1. The molecule has 3 rings (SSSR count). The number of thiophene rings is 1. The second-order valence-corrected chi connectivity index (χ2v) is 11.5. The number of ether oxygens (including phenoxy) is 1. The zero-order valence-electron chi connectivity index (χ0n) is 18.3. The van der Waals surface area contributed by atoms with Gasteiger partial charge < -0.3 is 10.1 Å². The van der Waals surface area contributed by atoms with Crippen molar-refractivity contribution in [1.82, 2.24) is 9.62 Å². The molecule has 1 aromatic carbocycles. The normalized spacial score (nSPS) is 21.7. The Morgan fingerprint density at radius 1 is 1.31 bits per heavy atom. The van der Waals surface area contributed by atoms with E-state index in [9.17, 15) is 17.6 Å². The van der Waals surface area contributed by atoms with Crippen LogP contribution in [0.4, 0.5) is 9.18 Å². The first kappa shape index (κ1) is 23.7. The maximum absolute atomic E-state index is 13.9. The lowest BCUT2D eigenvalue weighted by Gasteiger charge is -2.39. The molecule has 1 aromatic heterocycles. The summed E-state index contributed by atoms with van der Waals surface area (Å²) in [5.41, 5.74) is -0.546. The molecule has 1 fully saturated rings. The highest BCUT2D eigenvalue weighted by atomic mass is 32.2. The number of amides is 1. The summed E-state index contributed by atoms with van der Waals surface area (Å²) in [6.07, 6.45) is -0.915. The van der Waals surface area contributed by atoms with Crippen LogP contribution < -0.4 is 5.32 Å². The van der Waals surface area contributed by atoms with Gasteiger partial charge in [-0.3, -0.25) is 0 Å². The molecule has 0 aliphatic carbocycles. The van der Waals surface area contributed by atoms with Gasteiger partial charge >= 0.3 is 6.09 Å². The molecule has 1 atom stereocenters. The van der Waals surface area contributed by atoms with Gasteiger partial charge in [-0.2, -0.15) is 5.26 Å². The molecular formula is C21H23FN4O4S2. The van der Waals surface area contributed by atoms with Crippen molar-refractivity contribution in [3.8, 4) is 17.2 Å². The predicted octanol–water partition coefficient (Wildman–Crippen LogP) is 3.80. The topological polar surface area (TPSA) is 112 Å². The summed E-state index contributed by atoms with van der Waals surface area (Å²) in [6, 6.07) is 7.66. The number of guanidine groups is 1. The Bertz CT molecular complexity index is 1240. The number of halogens is 1. The fourth-order valence-corrected chi connectivity index (χ4v) is 5.78. The van der Waals surface area contributed by atoms with Crippen LogP contribution in [0.1, 0.15) is 38.1 Å². The van der Waals surface area contributed by atoms with Gasteiger partial charge in [-0.1, -0.05) is 0 Å². The summed E-state index contributed by atoms with van der Waals surface area (Å²) >= 11 is 1.28. The number of nitrogens with zero attached hydrogens (tertiary/aromatic N) is 3. The third-order valence-electron chi connectivity index (χ3n) is 4.67. The highest BCUT2D eigenvalue weighted by molar-refractivity contribution is 7.89. The van der Waals surface area contributed by atoms with Gasteiger partial charge in [0, 0.05) is 11.9 Å². The Labute approximate surface area is 190 Å². The molecule has 0 saturated carbocycles. The van der Waals surface area contributed by atoms with E-state index in [4.69, 9.17) is 10.00 Å². The number of hydrogen-bond acceptors (Lipinski definition) is 6. The van der Waals surface area contributed by atoms with Gasteiger partial charge in [-0.15, -0.1) is 16.3 Å². The number of nitrogens with one attached hydrogen (secondary N) is 1. The Morgan fingerprint density at radius 3 is 2.62 bits per heavy atom. The molecule has 170 valence electrons. The van der Waals surface area contributed by atoms with Gasteiger partial charge in [0.15, 0.2) is 0 Å². The number of nitriles is 1. The Morgan fingerprint density at radius 2 is 2.00 bits per heavy atom. The zero-order valence-corrected chi connectivity index (χ0v) is 19.9. The predicted molar refractivity (Wildman–Crippen MR) is 120 cm³/mol. The van der Waals surface area contributed by atoms with Crippen LogP contribution in [0, 0.1) is 17.1 Å². The van der Waals surface area contributed by atoms with Gasteiger partial charge in [-0.05, 0) is 68.5 Å². The van der Waals surface area contributed by atoms with E-state index in [1.165, 1.54) is 24.5 Å². The maximum Gasteiger partial charge on any atom is 0.437 e. The lowest BCUT2D eigenvalue weighted by atomic mass is 9.99. The van der Waals surface area contributed by atoms with Crippen LogP contribution in [-0.2, 0) is 20.3 Å². The summed E-state index contributed by atoms with van der Waals surface area (Å²) in [4.78, 5) is 16.7. The van der Waals surface area contributed by atoms with Crippen molar-refractivity contribution in [3.05, 3.63) is 45.9 Å². The van der Waals surface area contributed by atoms with Crippen LogP contribution in [0.5, 0.6) is 0 Å². The number of hydrogen-bond donors (Lipinski definition) is 1. The molecule has 1 N–H and O–H groups in total. The summed E-state index contributed by atoms with van der Waals surface area (Å²) in [6.45, 7) is 6.73. The number of carbonyl (C=O) groups excluding carboxylic acids is 1. The van der Waals surface area contributed by atoms with Crippen LogP contribution in [0.2, 0.25) is 0 Å². The van der Waals surface area contributed by atoms with Crippen LogP contribution in [0.15, 0.2) is 34.6 Å². The van der Waals surface area contributed by atoms with Gasteiger partial charge in [0.2, 0.25) is 16.0 Å². The lowest BCUT2D eigenvalue weighted by molar-refractivity contribution is 0.0602. The van der Waals surface area contributed by atoms with Crippen LogP contribution in [0.3, 0.4) is 0 Å². The Kier molecular flexibility index (Phi) is 6.06. The minimum Gasteiger partial charge on any atom is -0.442 e. The molecule has 0 bridgehead atoms. The molecule has 0 radical (unpaired) electrons. The van der Waals surface area contributed by atoms with E-state index in [0.29, 0.717) is 16.0 Å². The molecule has 2 aromatic rings. The number of rotatable bonds is 2. The average Bonchev–Trinajstić information content (AvgIpc) is 3.14. The largest absolute Gasteiger partial charge is 0.442 e. The molecule has 11 heteroatoms. The third kappa shape index (κ3) is 5.08. The van der Waals surface area contributed by atoms with Gasteiger partial charge in [0.05, 0.1) is 22.9 Å². The summed E-state index contributed by atoms with van der Waals surface area (Å²) < 4.78 is 45.6. The van der Waals surface area contributed by atoms with Crippen molar-refractivity contribution in [2.24, 2.45) is 4.99 Å². The number of carbonyl (C=O) groups is 1. The van der Waals surface area contributed by atoms with Gasteiger partial charge in [-0.25, -0.2) is 21.9 Å². The molecule has 1 aliphatic heterocycles. The fourth-order valence-electron chi connectivity index (χ4n) is 3.16. The van der Waals surface area contributed by atoms with Crippen molar-refractivity contribution in [2.45, 2.75) is 38.8 Å². The van der Waals surface area contributed by atoms with Gasteiger partial charge in [0.25, 0.3) is 0 Å². The van der Waals surface area contributed by atoms with E-state index in [0.717, 1.165) is 10.4 Å². The van der Waals surface area contributed by atoms with E-state index >= 15 is 0 Å². The molecule has 1 aliphatic rings. The highest BCUT2D eigenvalue weighted by Gasteiger charge is 2.43. The molecule has 1 amide bonds. The van der Waals surface area contributed by atoms with Crippen LogP contribution >= 0.6 is 11.3 Å². The molecule has 2 heterocycles. The van der Waals surface area contributed by atoms with Crippen molar-refractivity contribution >= 4 is 33.4 Å². The molecular weight excluding hydrogens is 455 g/mol. The molecule has 1 saturated heterocycles. The van der Waals surface area contributed by atoms with Crippen LogP contribution in [0.25, 0.3) is 11.1 Å². The Hall–Kier alpha value is -2.97.